The van der Waals surface area contributed by atoms with Gasteiger partial charge in [-0.25, -0.2) is 8.42 Å². The van der Waals surface area contributed by atoms with Gasteiger partial charge in [0.2, 0.25) is 5.82 Å². The van der Waals surface area contributed by atoms with Gasteiger partial charge in [0.15, 0.2) is 13.2 Å². The maximum Gasteiger partial charge on any atom is 0.215 e. The second kappa shape index (κ2) is 8.21. The number of anilines is 1. The van der Waals surface area contributed by atoms with Crippen LogP contribution in [0, 0.1) is 0 Å². The normalized spacial score (nSPS) is 12.0. The standard InChI is InChI=1S/C16H23N5O3S/c1-19(2)15-8-6-14(7-9-15)17-18-16-10-12-20(3)21(16)11-4-5-13-25(22,23)24/h6-10,12H,4-5,11,13H2,1-3H3. The van der Waals surface area contributed by atoms with E-state index in [0.29, 0.717) is 25.2 Å². The summed E-state index contributed by atoms with van der Waals surface area (Å²) < 4.78 is 35.7. The van der Waals surface area contributed by atoms with Crippen molar-refractivity contribution in [3.8, 4) is 0 Å². The first-order valence-corrected chi connectivity index (χ1v) is 9.52. The largest absolute Gasteiger partial charge is 0.748 e. The fourth-order valence-electron chi connectivity index (χ4n) is 2.33. The molecule has 0 amide bonds. The Hall–Kier alpha value is -2.26. The molecule has 1 aromatic carbocycles. The molecule has 0 aliphatic carbocycles. The molecule has 25 heavy (non-hydrogen) atoms. The van der Waals surface area contributed by atoms with E-state index >= 15 is 0 Å². The van der Waals surface area contributed by atoms with Gasteiger partial charge < -0.3 is 9.45 Å². The lowest BCUT2D eigenvalue weighted by Crippen LogP contribution is -2.38. The van der Waals surface area contributed by atoms with Crippen molar-refractivity contribution in [2.75, 3.05) is 24.7 Å². The SMILES string of the molecule is CN(C)c1ccc(N=Nc2cc[n+](C)n2CCCCS(=O)(=O)[O-])cc1. The molecule has 0 bridgehead atoms. The van der Waals surface area contributed by atoms with Crippen molar-refractivity contribution in [1.82, 2.24) is 4.68 Å². The summed E-state index contributed by atoms with van der Waals surface area (Å²) in [7, 11) is 1.66. The highest BCUT2D eigenvalue weighted by Crippen LogP contribution is 2.21. The molecule has 0 aliphatic rings. The van der Waals surface area contributed by atoms with Crippen molar-refractivity contribution in [3.05, 3.63) is 36.5 Å². The predicted molar refractivity (Wildman–Crippen MR) is 94.4 cm³/mol. The molecule has 0 aliphatic heterocycles. The molecule has 0 spiro atoms. The number of aryl methyl sites for hydroxylation is 1. The molecule has 2 rings (SSSR count). The van der Waals surface area contributed by atoms with Crippen molar-refractivity contribution in [1.29, 1.82) is 0 Å². The molecular formula is C16H23N5O3S. The van der Waals surface area contributed by atoms with E-state index in [-0.39, 0.29) is 5.75 Å². The number of hydrogen-bond donors (Lipinski definition) is 0. The first-order chi connectivity index (χ1) is 11.8. The number of rotatable bonds is 8. The molecule has 0 atom stereocenters. The van der Waals surface area contributed by atoms with Gasteiger partial charge in [-0.05, 0) is 37.1 Å². The predicted octanol–water partition coefficient (Wildman–Crippen LogP) is 2.12. The van der Waals surface area contributed by atoms with E-state index in [1.165, 1.54) is 0 Å². The number of azo groups is 1. The van der Waals surface area contributed by atoms with E-state index < -0.39 is 10.1 Å². The van der Waals surface area contributed by atoms with Crippen LogP contribution in [0.25, 0.3) is 0 Å². The van der Waals surface area contributed by atoms with Crippen LogP contribution >= 0.6 is 0 Å². The van der Waals surface area contributed by atoms with E-state index in [2.05, 4.69) is 10.2 Å². The third kappa shape index (κ3) is 5.95. The van der Waals surface area contributed by atoms with E-state index in [4.69, 9.17) is 0 Å². The Bertz CT molecular complexity index is 826. The van der Waals surface area contributed by atoms with Crippen LogP contribution in [0.5, 0.6) is 0 Å². The molecule has 1 heterocycles. The molecule has 0 saturated heterocycles. The second-order valence-electron chi connectivity index (χ2n) is 5.95. The van der Waals surface area contributed by atoms with Gasteiger partial charge in [0.1, 0.15) is 0 Å². The van der Waals surface area contributed by atoms with Crippen LogP contribution in [0.2, 0.25) is 0 Å². The Kier molecular flexibility index (Phi) is 6.27. The van der Waals surface area contributed by atoms with Crippen molar-refractivity contribution in [2.24, 2.45) is 17.3 Å². The zero-order valence-electron chi connectivity index (χ0n) is 14.7. The highest BCUT2D eigenvalue weighted by molar-refractivity contribution is 7.85. The summed E-state index contributed by atoms with van der Waals surface area (Å²) in [5.74, 6) is 0.330. The van der Waals surface area contributed by atoms with E-state index in [1.807, 2.05) is 71.9 Å². The van der Waals surface area contributed by atoms with Gasteiger partial charge in [0.05, 0.1) is 28.4 Å². The Morgan fingerprint density at radius 2 is 1.80 bits per heavy atom. The maximum absolute atomic E-state index is 10.6. The zero-order chi connectivity index (χ0) is 18.4. The van der Waals surface area contributed by atoms with Gasteiger partial charge in [-0.15, -0.1) is 19.6 Å². The second-order valence-corrected chi connectivity index (χ2v) is 7.47. The average molecular weight is 365 g/mol. The van der Waals surface area contributed by atoms with E-state index in [0.717, 1.165) is 11.4 Å². The van der Waals surface area contributed by atoms with Crippen LogP contribution < -0.4 is 9.58 Å². The monoisotopic (exact) mass is 365 g/mol. The van der Waals surface area contributed by atoms with E-state index in [1.54, 1.807) is 0 Å². The summed E-state index contributed by atoms with van der Waals surface area (Å²) >= 11 is 0. The van der Waals surface area contributed by atoms with Gasteiger partial charge in [0, 0.05) is 25.5 Å². The number of hydrogen-bond acceptors (Lipinski definition) is 6. The summed E-state index contributed by atoms with van der Waals surface area (Å²) in [5.41, 5.74) is 1.83. The summed E-state index contributed by atoms with van der Waals surface area (Å²) in [4.78, 5) is 2.01. The fraction of sp³-hybridized carbons (Fsp3) is 0.438. The van der Waals surface area contributed by atoms with Crippen molar-refractivity contribution in [3.63, 3.8) is 0 Å². The first-order valence-electron chi connectivity index (χ1n) is 7.94. The highest BCUT2D eigenvalue weighted by atomic mass is 32.2. The smallest absolute Gasteiger partial charge is 0.215 e. The molecule has 2 aromatic rings. The van der Waals surface area contributed by atoms with Crippen LogP contribution in [0.15, 0.2) is 46.8 Å². The van der Waals surface area contributed by atoms with Gasteiger partial charge >= 0.3 is 0 Å². The van der Waals surface area contributed by atoms with Crippen LogP contribution in [-0.4, -0.2) is 37.5 Å². The van der Waals surface area contributed by atoms with Gasteiger partial charge in [-0.1, -0.05) is 0 Å². The lowest BCUT2D eigenvalue weighted by atomic mass is 10.3. The van der Waals surface area contributed by atoms with Crippen LogP contribution in [0.3, 0.4) is 0 Å². The molecule has 9 heteroatoms. The molecule has 0 unspecified atom stereocenters. The third-order valence-corrected chi connectivity index (χ3v) is 4.52. The first kappa shape index (κ1) is 19.1. The van der Waals surface area contributed by atoms with Crippen molar-refractivity contribution < 1.29 is 17.7 Å². The lowest BCUT2D eigenvalue weighted by molar-refractivity contribution is -0.752. The average Bonchev–Trinajstić information content (AvgIpc) is 2.89. The summed E-state index contributed by atoms with van der Waals surface area (Å²) in [5, 5.41) is 8.52. The summed E-state index contributed by atoms with van der Waals surface area (Å²) in [6.07, 6.45) is 2.75. The molecule has 0 saturated carbocycles. The summed E-state index contributed by atoms with van der Waals surface area (Å²) in [6, 6.07) is 9.56. The Balaban J connectivity index is 2.02. The number of benzene rings is 1. The minimum absolute atomic E-state index is 0.326. The van der Waals surface area contributed by atoms with Crippen LogP contribution in [0.1, 0.15) is 12.8 Å². The van der Waals surface area contributed by atoms with Crippen LogP contribution in [-0.2, 0) is 23.7 Å². The molecule has 136 valence electrons. The minimum atomic E-state index is -4.15. The van der Waals surface area contributed by atoms with Gasteiger partial charge in [-0.3, -0.25) is 0 Å². The third-order valence-electron chi connectivity index (χ3n) is 3.73. The fourth-order valence-corrected chi connectivity index (χ4v) is 2.88. The number of nitrogens with zero attached hydrogens (tertiary/aromatic N) is 5. The highest BCUT2D eigenvalue weighted by Gasteiger charge is 2.11. The zero-order valence-corrected chi connectivity index (χ0v) is 15.5. The molecule has 8 nitrogen and oxygen atoms in total. The quantitative estimate of drug-likeness (QED) is 0.310. The van der Waals surface area contributed by atoms with E-state index in [9.17, 15) is 13.0 Å². The Labute approximate surface area is 148 Å². The maximum atomic E-state index is 10.6. The molecule has 0 fully saturated rings. The molecular weight excluding hydrogens is 342 g/mol. The van der Waals surface area contributed by atoms with Crippen molar-refractivity contribution >= 4 is 27.3 Å². The number of aromatic nitrogens is 2. The summed E-state index contributed by atoms with van der Waals surface area (Å²) in [6.45, 7) is 0.562. The number of unbranched alkanes of at least 4 members (excludes halogenated alkanes) is 1. The minimum Gasteiger partial charge on any atom is -0.748 e. The molecule has 1 aromatic heterocycles. The molecule has 0 radical (unpaired) electrons. The van der Waals surface area contributed by atoms with Crippen molar-refractivity contribution in [2.45, 2.75) is 19.4 Å². The van der Waals surface area contributed by atoms with Crippen LogP contribution in [0.4, 0.5) is 17.2 Å². The lowest BCUT2D eigenvalue weighted by Gasteiger charge is -2.11. The molecule has 0 N–H and O–H groups in total. The topological polar surface area (TPSA) is 94.0 Å². The Morgan fingerprint density at radius 3 is 2.40 bits per heavy atom. The Morgan fingerprint density at radius 1 is 1.12 bits per heavy atom. The van der Waals surface area contributed by atoms with Gasteiger partial charge in [-0.2, -0.15) is 0 Å². The van der Waals surface area contributed by atoms with Gasteiger partial charge in [0.25, 0.3) is 0 Å².